The summed E-state index contributed by atoms with van der Waals surface area (Å²) in [5.41, 5.74) is 2.31. The van der Waals surface area contributed by atoms with Crippen LogP contribution < -0.4 is 10.1 Å². The number of aryl methyl sites for hydroxylation is 1. The minimum absolute atomic E-state index is 0.144. The molecule has 106 valence electrons. The zero-order valence-electron chi connectivity index (χ0n) is 12.5. The molecular weight excluding hydrogens is 238 g/mol. The van der Waals surface area contributed by atoms with Gasteiger partial charge in [0.15, 0.2) is 0 Å². The first-order valence-electron chi connectivity index (χ1n) is 7.15. The van der Waals surface area contributed by atoms with Gasteiger partial charge in [0.25, 0.3) is 0 Å². The van der Waals surface area contributed by atoms with E-state index in [0.717, 1.165) is 25.2 Å². The average Bonchev–Trinajstić information content (AvgIpc) is 2.81. The molecule has 1 aromatic carbocycles. The van der Waals surface area contributed by atoms with Crippen LogP contribution in [0, 0.1) is 6.92 Å². The van der Waals surface area contributed by atoms with Crippen LogP contribution in [-0.2, 0) is 4.74 Å². The molecule has 2 unspecified atom stereocenters. The summed E-state index contributed by atoms with van der Waals surface area (Å²) in [6.07, 6.45) is 2.21. The summed E-state index contributed by atoms with van der Waals surface area (Å²) in [4.78, 5) is 0. The molecule has 3 nitrogen and oxygen atoms in total. The van der Waals surface area contributed by atoms with E-state index in [9.17, 15) is 0 Å². The second-order valence-corrected chi connectivity index (χ2v) is 5.46. The van der Waals surface area contributed by atoms with Crippen LogP contribution in [0.3, 0.4) is 0 Å². The zero-order chi connectivity index (χ0) is 13.9. The molecule has 3 heteroatoms. The van der Waals surface area contributed by atoms with Gasteiger partial charge in [-0.15, -0.1) is 0 Å². The maximum absolute atomic E-state index is 6.00. The third kappa shape index (κ3) is 2.93. The molecule has 0 saturated carbocycles. The molecule has 1 saturated heterocycles. The van der Waals surface area contributed by atoms with Crippen molar-refractivity contribution in [2.75, 3.05) is 20.3 Å². The number of nitrogens with one attached hydrogen (secondary N) is 1. The third-order valence-corrected chi connectivity index (χ3v) is 3.92. The quantitative estimate of drug-likeness (QED) is 0.884. The molecule has 0 aliphatic carbocycles. The number of ether oxygens (including phenoxy) is 2. The Morgan fingerprint density at radius 3 is 2.84 bits per heavy atom. The maximum Gasteiger partial charge on any atom is 0.124 e. The second-order valence-electron chi connectivity index (χ2n) is 5.46. The van der Waals surface area contributed by atoms with Gasteiger partial charge in [-0.25, -0.2) is 0 Å². The molecule has 0 aromatic heterocycles. The first-order valence-corrected chi connectivity index (χ1v) is 7.15. The van der Waals surface area contributed by atoms with E-state index in [4.69, 9.17) is 9.47 Å². The smallest absolute Gasteiger partial charge is 0.124 e. The first-order chi connectivity index (χ1) is 9.10. The summed E-state index contributed by atoms with van der Waals surface area (Å²) < 4.78 is 11.8. The topological polar surface area (TPSA) is 30.5 Å². The lowest BCUT2D eigenvalue weighted by atomic mass is 9.86. The summed E-state index contributed by atoms with van der Waals surface area (Å²) in [6, 6.07) is 6.53. The largest absolute Gasteiger partial charge is 0.494 e. The molecule has 1 heterocycles. The molecular formula is C16H25NO2. The van der Waals surface area contributed by atoms with Crippen molar-refractivity contribution >= 4 is 0 Å². The zero-order valence-corrected chi connectivity index (χ0v) is 12.5. The van der Waals surface area contributed by atoms with Crippen molar-refractivity contribution in [1.29, 1.82) is 0 Å². The van der Waals surface area contributed by atoms with Gasteiger partial charge < -0.3 is 14.8 Å². The van der Waals surface area contributed by atoms with Crippen molar-refractivity contribution in [3.8, 4) is 5.75 Å². The number of likely N-dealkylation sites (N-methyl/N-ethyl adjacent to an activating group) is 1. The monoisotopic (exact) mass is 263 g/mol. The SMILES string of the molecule is CCOc1ccc(C)cc1C(NC)C1(C)CCCO1. The Bertz CT molecular complexity index is 425. The standard InChI is InChI=1S/C16H25NO2/c1-5-18-14-8-7-12(2)11-13(14)15(17-4)16(3)9-6-10-19-16/h7-8,11,15,17H,5-6,9-10H2,1-4H3. The highest BCUT2D eigenvalue weighted by Crippen LogP contribution is 2.40. The van der Waals surface area contributed by atoms with E-state index in [1.54, 1.807) is 0 Å². The minimum atomic E-state index is -0.144. The molecule has 1 fully saturated rings. The van der Waals surface area contributed by atoms with Crippen LogP contribution >= 0.6 is 0 Å². The lowest BCUT2D eigenvalue weighted by molar-refractivity contribution is -0.0111. The molecule has 0 amide bonds. The predicted molar refractivity (Wildman–Crippen MR) is 77.7 cm³/mol. The van der Waals surface area contributed by atoms with Gasteiger partial charge in [-0.3, -0.25) is 0 Å². The van der Waals surface area contributed by atoms with Crippen LogP contribution in [0.1, 0.15) is 43.9 Å². The predicted octanol–water partition coefficient (Wildman–Crippen LogP) is 3.22. The minimum Gasteiger partial charge on any atom is -0.494 e. The van der Waals surface area contributed by atoms with Gasteiger partial charge >= 0.3 is 0 Å². The molecule has 1 aliphatic rings. The van der Waals surface area contributed by atoms with Crippen molar-refractivity contribution in [3.63, 3.8) is 0 Å². The van der Waals surface area contributed by atoms with E-state index in [2.05, 4.69) is 37.4 Å². The number of rotatable bonds is 5. The van der Waals surface area contributed by atoms with E-state index in [1.165, 1.54) is 11.1 Å². The highest BCUT2D eigenvalue weighted by molar-refractivity contribution is 5.40. The number of hydrogen-bond donors (Lipinski definition) is 1. The Balaban J connectivity index is 2.38. The highest BCUT2D eigenvalue weighted by Gasteiger charge is 2.39. The molecule has 2 atom stereocenters. The van der Waals surface area contributed by atoms with Crippen LogP contribution in [0.15, 0.2) is 18.2 Å². The van der Waals surface area contributed by atoms with Crippen LogP contribution in [-0.4, -0.2) is 25.9 Å². The average molecular weight is 263 g/mol. The van der Waals surface area contributed by atoms with Crippen molar-refractivity contribution in [1.82, 2.24) is 5.32 Å². The van der Waals surface area contributed by atoms with Gasteiger partial charge in [0, 0.05) is 12.2 Å². The van der Waals surface area contributed by atoms with Gasteiger partial charge in [0.1, 0.15) is 5.75 Å². The molecule has 19 heavy (non-hydrogen) atoms. The Morgan fingerprint density at radius 2 is 2.26 bits per heavy atom. The Hall–Kier alpha value is -1.06. The summed E-state index contributed by atoms with van der Waals surface area (Å²) in [5.74, 6) is 0.962. The highest BCUT2D eigenvalue weighted by atomic mass is 16.5. The summed E-state index contributed by atoms with van der Waals surface area (Å²) in [5, 5.41) is 3.42. The van der Waals surface area contributed by atoms with Crippen LogP contribution in [0.5, 0.6) is 5.75 Å². The molecule has 1 aromatic rings. The van der Waals surface area contributed by atoms with E-state index in [0.29, 0.717) is 6.61 Å². The number of benzene rings is 1. The lowest BCUT2D eigenvalue weighted by Gasteiger charge is -2.34. The summed E-state index contributed by atoms with van der Waals surface area (Å²) in [7, 11) is 2.00. The molecule has 1 aliphatic heterocycles. The van der Waals surface area contributed by atoms with E-state index >= 15 is 0 Å². The van der Waals surface area contributed by atoms with Crippen molar-refractivity contribution in [3.05, 3.63) is 29.3 Å². The fourth-order valence-electron chi connectivity index (χ4n) is 3.00. The lowest BCUT2D eigenvalue weighted by Crippen LogP contribution is -2.40. The third-order valence-electron chi connectivity index (χ3n) is 3.92. The maximum atomic E-state index is 6.00. The van der Waals surface area contributed by atoms with Gasteiger partial charge in [-0.1, -0.05) is 17.7 Å². The Morgan fingerprint density at radius 1 is 1.47 bits per heavy atom. The normalized spacial score (nSPS) is 24.4. The molecule has 0 bridgehead atoms. The second kappa shape index (κ2) is 5.93. The fourth-order valence-corrected chi connectivity index (χ4v) is 3.00. The fraction of sp³-hybridized carbons (Fsp3) is 0.625. The van der Waals surface area contributed by atoms with Gasteiger partial charge in [0.2, 0.25) is 0 Å². The van der Waals surface area contributed by atoms with E-state index in [1.807, 2.05) is 14.0 Å². The molecule has 0 radical (unpaired) electrons. The molecule has 1 N–H and O–H groups in total. The number of hydrogen-bond acceptors (Lipinski definition) is 3. The first kappa shape index (κ1) is 14.4. The molecule has 0 spiro atoms. The molecule has 2 rings (SSSR count). The van der Waals surface area contributed by atoms with Gasteiger partial charge in [-0.2, -0.15) is 0 Å². The van der Waals surface area contributed by atoms with Crippen LogP contribution in [0.25, 0.3) is 0 Å². The van der Waals surface area contributed by atoms with E-state index < -0.39 is 0 Å². The van der Waals surface area contributed by atoms with Crippen molar-refractivity contribution < 1.29 is 9.47 Å². The summed E-state index contributed by atoms with van der Waals surface area (Å²) in [6.45, 7) is 7.86. The van der Waals surface area contributed by atoms with Gasteiger partial charge in [-0.05, 0) is 46.7 Å². The van der Waals surface area contributed by atoms with Crippen LogP contribution in [0.2, 0.25) is 0 Å². The summed E-state index contributed by atoms with van der Waals surface area (Å²) >= 11 is 0. The Kier molecular flexibility index (Phi) is 4.48. The van der Waals surface area contributed by atoms with Crippen LogP contribution in [0.4, 0.5) is 0 Å². The van der Waals surface area contributed by atoms with E-state index in [-0.39, 0.29) is 11.6 Å². The van der Waals surface area contributed by atoms with Crippen molar-refractivity contribution in [2.24, 2.45) is 0 Å². The van der Waals surface area contributed by atoms with Crippen molar-refractivity contribution in [2.45, 2.75) is 45.3 Å². The Labute approximate surface area is 116 Å². The van der Waals surface area contributed by atoms with Gasteiger partial charge in [0.05, 0.1) is 18.2 Å².